The minimum atomic E-state index is 0.236. The van der Waals surface area contributed by atoms with E-state index >= 15 is 0 Å². The van der Waals surface area contributed by atoms with Crippen LogP contribution < -0.4 is 4.90 Å². The van der Waals surface area contributed by atoms with E-state index < -0.39 is 0 Å². The summed E-state index contributed by atoms with van der Waals surface area (Å²) in [7, 11) is 0. The molecule has 0 bridgehead atoms. The molecule has 116 valence electrons. The van der Waals surface area contributed by atoms with Gasteiger partial charge in [0.05, 0.1) is 0 Å². The van der Waals surface area contributed by atoms with Gasteiger partial charge in [0.1, 0.15) is 5.76 Å². The van der Waals surface area contributed by atoms with E-state index in [0.29, 0.717) is 6.42 Å². The predicted molar refractivity (Wildman–Crippen MR) is 84.8 cm³/mol. The first kappa shape index (κ1) is 14.6. The van der Waals surface area contributed by atoms with Crippen LogP contribution >= 0.6 is 0 Å². The Labute approximate surface area is 130 Å². The van der Waals surface area contributed by atoms with E-state index in [2.05, 4.69) is 22.2 Å². The molecule has 1 aromatic carbocycles. The molecule has 1 aliphatic heterocycles. The van der Waals surface area contributed by atoms with E-state index in [4.69, 9.17) is 4.52 Å². The Morgan fingerprint density at radius 1 is 1.18 bits per heavy atom. The number of aryl methyl sites for hydroxylation is 2. The summed E-state index contributed by atoms with van der Waals surface area (Å²) in [5, 5.41) is 4.03. The summed E-state index contributed by atoms with van der Waals surface area (Å²) in [6.45, 7) is 5.00. The number of piperazine rings is 1. The SMILES string of the molecule is Cc1cc(N2CCN(C(=O)CCc3ccccc3)CC2)no1. The summed E-state index contributed by atoms with van der Waals surface area (Å²) in [6, 6.07) is 12.1. The van der Waals surface area contributed by atoms with Gasteiger partial charge in [-0.3, -0.25) is 4.79 Å². The van der Waals surface area contributed by atoms with Crippen molar-refractivity contribution in [3.8, 4) is 0 Å². The first-order valence-corrected chi connectivity index (χ1v) is 7.72. The lowest BCUT2D eigenvalue weighted by Gasteiger charge is -2.34. The van der Waals surface area contributed by atoms with E-state index in [9.17, 15) is 4.79 Å². The fourth-order valence-electron chi connectivity index (χ4n) is 2.74. The zero-order valence-corrected chi connectivity index (χ0v) is 12.9. The molecule has 1 aliphatic rings. The molecule has 5 nitrogen and oxygen atoms in total. The van der Waals surface area contributed by atoms with Crippen molar-refractivity contribution in [1.29, 1.82) is 0 Å². The Hall–Kier alpha value is -2.30. The normalized spacial score (nSPS) is 15.1. The van der Waals surface area contributed by atoms with Crippen molar-refractivity contribution in [2.75, 3.05) is 31.1 Å². The first-order chi connectivity index (χ1) is 10.7. The maximum absolute atomic E-state index is 12.3. The van der Waals surface area contributed by atoms with E-state index in [0.717, 1.165) is 44.2 Å². The van der Waals surface area contributed by atoms with Crippen LogP contribution in [-0.4, -0.2) is 42.1 Å². The predicted octanol–water partition coefficient (Wildman–Crippen LogP) is 2.26. The molecule has 2 aromatic rings. The Balaban J connectivity index is 1.47. The molecule has 1 fully saturated rings. The monoisotopic (exact) mass is 299 g/mol. The number of carbonyl (C=O) groups is 1. The smallest absolute Gasteiger partial charge is 0.223 e. The minimum absolute atomic E-state index is 0.236. The van der Waals surface area contributed by atoms with Gasteiger partial charge < -0.3 is 14.3 Å². The molecule has 0 N–H and O–H groups in total. The summed E-state index contributed by atoms with van der Waals surface area (Å²) in [6.07, 6.45) is 1.38. The highest BCUT2D eigenvalue weighted by Gasteiger charge is 2.22. The van der Waals surface area contributed by atoms with Crippen LogP contribution in [-0.2, 0) is 11.2 Å². The molecule has 0 spiro atoms. The molecule has 22 heavy (non-hydrogen) atoms. The molecule has 1 aromatic heterocycles. The average molecular weight is 299 g/mol. The summed E-state index contributed by atoms with van der Waals surface area (Å²) in [5.41, 5.74) is 1.22. The third kappa shape index (κ3) is 3.47. The van der Waals surface area contributed by atoms with E-state index in [1.807, 2.05) is 36.1 Å². The quantitative estimate of drug-likeness (QED) is 0.869. The molecule has 0 aliphatic carbocycles. The Morgan fingerprint density at radius 2 is 1.91 bits per heavy atom. The highest BCUT2D eigenvalue weighted by molar-refractivity contribution is 5.76. The maximum atomic E-state index is 12.3. The number of hydrogen-bond acceptors (Lipinski definition) is 4. The van der Waals surface area contributed by atoms with Crippen molar-refractivity contribution in [2.45, 2.75) is 19.8 Å². The van der Waals surface area contributed by atoms with Crippen molar-refractivity contribution in [1.82, 2.24) is 10.1 Å². The van der Waals surface area contributed by atoms with Crippen molar-refractivity contribution in [3.63, 3.8) is 0 Å². The molecular weight excluding hydrogens is 278 g/mol. The fourth-order valence-corrected chi connectivity index (χ4v) is 2.74. The number of rotatable bonds is 4. The number of amides is 1. The molecule has 0 saturated carbocycles. The number of nitrogens with zero attached hydrogens (tertiary/aromatic N) is 3. The molecule has 2 heterocycles. The first-order valence-electron chi connectivity index (χ1n) is 7.72. The molecule has 0 atom stereocenters. The van der Waals surface area contributed by atoms with Crippen LogP contribution in [0.4, 0.5) is 5.82 Å². The number of anilines is 1. The maximum Gasteiger partial charge on any atom is 0.223 e. The van der Waals surface area contributed by atoms with Crippen LogP contribution in [0, 0.1) is 6.92 Å². The van der Waals surface area contributed by atoms with E-state index in [1.165, 1.54) is 5.56 Å². The van der Waals surface area contributed by atoms with Gasteiger partial charge in [-0.2, -0.15) is 0 Å². The zero-order chi connectivity index (χ0) is 15.4. The summed E-state index contributed by atoms with van der Waals surface area (Å²) in [5.74, 6) is 1.92. The molecule has 1 amide bonds. The average Bonchev–Trinajstić information content (AvgIpc) is 3.00. The number of carbonyl (C=O) groups excluding carboxylic acids is 1. The molecule has 3 rings (SSSR count). The standard InChI is InChI=1S/C17H21N3O2/c1-14-13-16(18-22-14)19-9-11-20(12-10-19)17(21)8-7-15-5-3-2-4-6-15/h2-6,13H,7-12H2,1H3. The zero-order valence-electron chi connectivity index (χ0n) is 12.9. The third-order valence-electron chi connectivity index (χ3n) is 4.04. The van der Waals surface area contributed by atoms with Crippen molar-refractivity contribution in [3.05, 3.63) is 47.7 Å². The Morgan fingerprint density at radius 3 is 2.55 bits per heavy atom. The fraction of sp³-hybridized carbons (Fsp3) is 0.412. The Bertz CT molecular complexity index is 616. The van der Waals surface area contributed by atoms with Crippen molar-refractivity contribution < 1.29 is 9.32 Å². The second-order valence-corrected chi connectivity index (χ2v) is 5.65. The van der Waals surface area contributed by atoms with Gasteiger partial charge in [-0.1, -0.05) is 35.5 Å². The lowest BCUT2D eigenvalue weighted by atomic mass is 10.1. The molecule has 0 radical (unpaired) electrons. The lowest BCUT2D eigenvalue weighted by molar-refractivity contribution is -0.131. The van der Waals surface area contributed by atoms with Gasteiger partial charge >= 0.3 is 0 Å². The number of aromatic nitrogens is 1. The van der Waals surface area contributed by atoms with E-state index in [1.54, 1.807) is 0 Å². The number of benzene rings is 1. The van der Waals surface area contributed by atoms with Crippen LogP contribution in [0.2, 0.25) is 0 Å². The van der Waals surface area contributed by atoms with Gasteiger partial charge in [-0.15, -0.1) is 0 Å². The van der Waals surface area contributed by atoms with Crippen LogP contribution in [0.15, 0.2) is 40.9 Å². The van der Waals surface area contributed by atoms with Crippen molar-refractivity contribution >= 4 is 11.7 Å². The van der Waals surface area contributed by atoms with Gasteiger partial charge in [0.25, 0.3) is 0 Å². The third-order valence-corrected chi connectivity index (χ3v) is 4.04. The molecule has 0 unspecified atom stereocenters. The van der Waals surface area contributed by atoms with Crippen LogP contribution in [0.3, 0.4) is 0 Å². The van der Waals surface area contributed by atoms with Gasteiger partial charge in [-0.25, -0.2) is 0 Å². The van der Waals surface area contributed by atoms with Crippen LogP contribution in [0.25, 0.3) is 0 Å². The van der Waals surface area contributed by atoms with Crippen LogP contribution in [0.5, 0.6) is 0 Å². The van der Waals surface area contributed by atoms with Crippen molar-refractivity contribution in [2.24, 2.45) is 0 Å². The van der Waals surface area contributed by atoms with Gasteiger partial charge in [0, 0.05) is 38.7 Å². The minimum Gasteiger partial charge on any atom is -0.360 e. The highest BCUT2D eigenvalue weighted by atomic mass is 16.5. The second-order valence-electron chi connectivity index (χ2n) is 5.65. The summed E-state index contributed by atoms with van der Waals surface area (Å²) < 4.78 is 5.11. The van der Waals surface area contributed by atoms with Gasteiger partial charge in [0.15, 0.2) is 5.82 Å². The van der Waals surface area contributed by atoms with Gasteiger partial charge in [0.2, 0.25) is 5.91 Å². The Kier molecular flexibility index (Phi) is 4.42. The molecule has 1 saturated heterocycles. The summed E-state index contributed by atoms with van der Waals surface area (Å²) >= 11 is 0. The topological polar surface area (TPSA) is 49.6 Å². The lowest BCUT2D eigenvalue weighted by Crippen LogP contribution is -2.49. The molecule has 5 heteroatoms. The second kappa shape index (κ2) is 6.64. The van der Waals surface area contributed by atoms with Gasteiger partial charge in [-0.05, 0) is 18.9 Å². The molecular formula is C17H21N3O2. The van der Waals surface area contributed by atoms with E-state index in [-0.39, 0.29) is 5.91 Å². The van der Waals surface area contributed by atoms with Crippen LogP contribution in [0.1, 0.15) is 17.7 Å². The summed E-state index contributed by atoms with van der Waals surface area (Å²) in [4.78, 5) is 16.4. The number of hydrogen-bond donors (Lipinski definition) is 0. The largest absolute Gasteiger partial charge is 0.360 e. The highest BCUT2D eigenvalue weighted by Crippen LogP contribution is 2.16.